The SMILES string of the molecule is CC(C)c1cc(-c2ccccc2)cc(C(C)C)c1-n1c(-c2cccc3c2oc2cc4c5c(cc6ccccc64)C(C)(C)C(C)(C)c5c23)nc2ccccc21. The van der Waals surface area contributed by atoms with Crippen LogP contribution in [0.2, 0.25) is 0 Å². The molecule has 0 saturated heterocycles. The second-order valence-corrected chi connectivity index (χ2v) is 17.2. The fraction of sp³-hybridized carbons (Fsp3) is 0.235. The van der Waals surface area contributed by atoms with Gasteiger partial charge < -0.3 is 4.42 Å². The molecule has 0 bridgehead atoms. The summed E-state index contributed by atoms with van der Waals surface area (Å²) in [5, 5.41) is 7.60. The summed E-state index contributed by atoms with van der Waals surface area (Å²) in [6.45, 7) is 18.9. The van der Waals surface area contributed by atoms with Crippen molar-refractivity contribution in [2.75, 3.05) is 0 Å². The van der Waals surface area contributed by atoms with Gasteiger partial charge in [-0.3, -0.25) is 4.57 Å². The maximum absolute atomic E-state index is 7.19. The highest BCUT2D eigenvalue weighted by molar-refractivity contribution is 6.22. The third-order valence-electron chi connectivity index (χ3n) is 13.0. The molecule has 0 radical (unpaired) electrons. The lowest BCUT2D eigenvalue weighted by Crippen LogP contribution is -2.35. The minimum atomic E-state index is -0.136. The van der Waals surface area contributed by atoms with Gasteiger partial charge in [0.1, 0.15) is 17.0 Å². The highest BCUT2D eigenvalue weighted by Gasteiger charge is 2.49. The van der Waals surface area contributed by atoms with Crippen molar-refractivity contribution in [3.63, 3.8) is 0 Å². The summed E-state index contributed by atoms with van der Waals surface area (Å²) in [4.78, 5) is 5.46. The lowest BCUT2D eigenvalue weighted by atomic mass is 9.66. The second-order valence-electron chi connectivity index (χ2n) is 17.2. The molecule has 0 saturated carbocycles. The van der Waals surface area contributed by atoms with Gasteiger partial charge in [0.2, 0.25) is 0 Å². The molecule has 1 aliphatic rings. The molecule has 10 rings (SSSR count). The van der Waals surface area contributed by atoms with Gasteiger partial charge in [0.25, 0.3) is 0 Å². The van der Waals surface area contributed by atoms with E-state index in [1.165, 1.54) is 66.0 Å². The van der Waals surface area contributed by atoms with Gasteiger partial charge in [-0.15, -0.1) is 0 Å². The van der Waals surface area contributed by atoms with Crippen molar-refractivity contribution in [2.24, 2.45) is 0 Å². The molecule has 2 heterocycles. The van der Waals surface area contributed by atoms with Crippen LogP contribution in [0.3, 0.4) is 0 Å². The van der Waals surface area contributed by atoms with Gasteiger partial charge in [-0.2, -0.15) is 0 Å². The lowest BCUT2D eigenvalue weighted by molar-refractivity contribution is 0.324. The number of hydrogen-bond acceptors (Lipinski definition) is 2. The Morgan fingerprint density at radius 3 is 2.00 bits per heavy atom. The average molecular weight is 703 g/mol. The molecule has 2 aromatic heterocycles. The number of nitrogens with zero attached hydrogens (tertiary/aromatic N) is 2. The normalized spacial score (nSPS) is 14.9. The Bertz CT molecular complexity index is 2960. The molecule has 0 aliphatic heterocycles. The van der Waals surface area contributed by atoms with Crippen molar-refractivity contribution in [2.45, 2.75) is 78.1 Å². The van der Waals surface area contributed by atoms with Crippen molar-refractivity contribution in [3.8, 4) is 28.2 Å². The van der Waals surface area contributed by atoms with E-state index in [0.29, 0.717) is 0 Å². The van der Waals surface area contributed by atoms with E-state index in [1.54, 1.807) is 0 Å². The van der Waals surface area contributed by atoms with Crippen LogP contribution in [0.4, 0.5) is 0 Å². The molecule has 0 unspecified atom stereocenters. The van der Waals surface area contributed by atoms with Crippen LogP contribution < -0.4 is 0 Å². The quantitative estimate of drug-likeness (QED) is 0.167. The van der Waals surface area contributed by atoms with E-state index in [9.17, 15) is 0 Å². The van der Waals surface area contributed by atoms with Crippen LogP contribution in [0.25, 0.3) is 82.7 Å². The van der Waals surface area contributed by atoms with Gasteiger partial charge in [0, 0.05) is 16.2 Å². The number of benzene rings is 7. The fourth-order valence-corrected chi connectivity index (χ4v) is 9.54. The largest absolute Gasteiger partial charge is 0.455 e. The number of para-hydroxylation sites is 3. The maximum Gasteiger partial charge on any atom is 0.149 e. The first kappa shape index (κ1) is 32.9. The third kappa shape index (κ3) is 4.39. The van der Waals surface area contributed by atoms with Gasteiger partial charge in [0.15, 0.2) is 0 Å². The molecule has 9 aromatic rings. The molecule has 3 heteroatoms. The van der Waals surface area contributed by atoms with Crippen LogP contribution >= 0.6 is 0 Å². The zero-order valence-electron chi connectivity index (χ0n) is 32.5. The van der Waals surface area contributed by atoms with E-state index >= 15 is 0 Å². The van der Waals surface area contributed by atoms with Crippen molar-refractivity contribution in [1.29, 1.82) is 0 Å². The maximum atomic E-state index is 7.19. The van der Waals surface area contributed by atoms with Gasteiger partial charge >= 0.3 is 0 Å². The first-order chi connectivity index (χ1) is 26.0. The van der Waals surface area contributed by atoms with Crippen LogP contribution in [0.1, 0.15) is 89.5 Å². The van der Waals surface area contributed by atoms with Crippen LogP contribution in [0.5, 0.6) is 0 Å². The number of aromatic nitrogens is 2. The molecular formula is C51H46N2O. The topological polar surface area (TPSA) is 31.0 Å². The van der Waals surface area contributed by atoms with Gasteiger partial charge in [0.05, 0.1) is 22.3 Å². The van der Waals surface area contributed by atoms with Gasteiger partial charge in [-0.25, -0.2) is 4.98 Å². The fourth-order valence-electron chi connectivity index (χ4n) is 9.54. The van der Waals surface area contributed by atoms with E-state index in [1.807, 2.05) is 0 Å². The molecule has 0 spiro atoms. The minimum Gasteiger partial charge on any atom is -0.455 e. The number of imidazole rings is 1. The van der Waals surface area contributed by atoms with Crippen molar-refractivity contribution < 1.29 is 4.42 Å². The van der Waals surface area contributed by atoms with Crippen LogP contribution in [0.15, 0.2) is 126 Å². The summed E-state index contributed by atoms with van der Waals surface area (Å²) in [6.07, 6.45) is 0. The monoisotopic (exact) mass is 702 g/mol. The molecule has 0 amide bonds. The van der Waals surface area contributed by atoms with Crippen molar-refractivity contribution >= 4 is 54.5 Å². The predicted octanol–water partition coefficient (Wildman–Crippen LogP) is 14.4. The minimum absolute atomic E-state index is 0.0759. The average Bonchev–Trinajstić information content (AvgIpc) is 3.78. The Balaban J connectivity index is 1.32. The molecule has 7 aromatic carbocycles. The summed E-state index contributed by atoms with van der Waals surface area (Å²) >= 11 is 0. The molecule has 266 valence electrons. The van der Waals surface area contributed by atoms with Crippen molar-refractivity contribution in [3.05, 3.63) is 144 Å². The van der Waals surface area contributed by atoms with Crippen LogP contribution in [0, 0.1) is 0 Å². The number of hydrogen-bond donors (Lipinski definition) is 0. The second kappa shape index (κ2) is 11.4. The Labute approximate surface area is 317 Å². The summed E-state index contributed by atoms with van der Waals surface area (Å²) < 4.78 is 9.62. The zero-order chi connectivity index (χ0) is 37.3. The Morgan fingerprint density at radius 1 is 0.593 bits per heavy atom. The molecule has 0 atom stereocenters. The molecule has 54 heavy (non-hydrogen) atoms. The van der Waals surface area contributed by atoms with E-state index in [4.69, 9.17) is 9.40 Å². The standard InChI is InChI=1S/C51H46N2O/c1-29(2)37-25-33(31-17-10-9-11-18-31)26-38(30(3)4)47(37)53-42-24-15-14-23-41(42)52-49(53)36-22-16-21-35-45-43(54-48(35)36)28-39-34-20-13-12-19-32(34)27-40-44(39)46(45)51(7,8)50(40,5)6/h9-30H,1-8H3. The van der Waals surface area contributed by atoms with Crippen molar-refractivity contribution in [1.82, 2.24) is 9.55 Å². The highest BCUT2D eigenvalue weighted by Crippen LogP contribution is 2.59. The lowest BCUT2D eigenvalue weighted by Gasteiger charge is -2.37. The Hall–Kier alpha value is -5.67. The molecule has 0 fully saturated rings. The van der Waals surface area contributed by atoms with Gasteiger partial charge in [-0.05, 0) is 115 Å². The molecule has 0 N–H and O–H groups in total. The summed E-state index contributed by atoms with van der Waals surface area (Å²) in [5.74, 6) is 1.47. The number of fused-ring (bicyclic) bond motifs is 7. The Kier molecular flexibility index (Phi) is 6.96. The van der Waals surface area contributed by atoms with E-state index in [0.717, 1.165) is 39.0 Å². The smallest absolute Gasteiger partial charge is 0.149 e. The van der Waals surface area contributed by atoms with Crippen LogP contribution in [-0.4, -0.2) is 9.55 Å². The van der Waals surface area contributed by atoms with E-state index < -0.39 is 0 Å². The summed E-state index contributed by atoms with van der Waals surface area (Å²) in [6, 6.07) is 44.4. The third-order valence-corrected chi connectivity index (χ3v) is 13.0. The van der Waals surface area contributed by atoms with Gasteiger partial charge in [-0.1, -0.05) is 134 Å². The first-order valence-corrected chi connectivity index (χ1v) is 19.5. The summed E-state index contributed by atoms with van der Waals surface area (Å²) in [7, 11) is 0. The zero-order valence-corrected chi connectivity index (χ0v) is 32.5. The van der Waals surface area contributed by atoms with E-state index in [2.05, 4.69) is 181 Å². The van der Waals surface area contributed by atoms with Crippen LogP contribution in [-0.2, 0) is 10.8 Å². The number of rotatable bonds is 5. The molecule has 3 nitrogen and oxygen atoms in total. The molecular weight excluding hydrogens is 657 g/mol. The first-order valence-electron chi connectivity index (χ1n) is 19.5. The number of furan rings is 1. The summed E-state index contributed by atoms with van der Waals surface area (Å²) in [5.41, 5.74) is 13.8. The Morgan fingerprint density at radius 2 is 1.26 bits per heavy atom. The molecule has 1 aliphatic carbocycles. The predicted molar refractivity (Wildman–Crippen MR) is 228 cm³/mol. The van der Waals surface area contributed by atoms with E-state index in [-0.39, 0.29) is 22.7 Å². The highest BCUT2D eigenvalue weighted by atomic mass is 16.3.